The minimum absolute atomic E-state index is 0.138. The first-order valence-corrected chi connectivity index (χ1v) is 5.04. The minimum Gasteiger partial charge on any atom is -0.396 e. The third-order valence-electron chi connectivity index (χ3n) is 2.10. The van der Waals surface area contributed by atoms with Crippen LogP contribution < -0.4 is 11.1 Å². The van der Waals surface area contributed by atoms with Crippen LogP contribution in [0, 0.1) is 0 Å². The van der Waals surface area contributed by atoms with Gasteiger partial charge in [-0.1, -0.05) is 0 Å². The van der Waals surface area contributed by atoms with E-state index in [0.29, 0.717) is 29.8 Å². The second-order valence-corrected chi connectivity index (χ2v) is 3.31. The number of anilines is 2. The van der Waals surface area contributed by atoms with Crippen LogP contribution in [0.5, 0.6) is 0 Å². The van der Waals surface area contributed by atoms with Gasteiger partial charge >= 0.3 is 0 Å². The van der Waals surface area contributed by atoms with Gasteiger partial charge in [0.1, 0.15) is 5.52 Å². The number of nitrogens with one attached hydrogen (secondary N) is 1. The number of hydrogen-bond donors (Lipinski definition) is 3. The van der Waals surface area contributed by atoms with E-state index < -0.39 is 0 Å². The number of nitrogens with two attached hydrogens (primary N) is 1. The van der Waals surface area contributed by atoms with Crippen LogP contribution in [-0.4, -0.2) is 33.2 Å². The van der Waals surface area contributed by atoms with Crippen LogP contribution in [0.25, 0.3) is 11.0 Å². The molecule has 0 aromatic carbocycles. The van der Waals surface area contributed by atoms with E-state index in [2.05, 4.69) is 20.3 Å². The maximum Gasteiger partial charge on any atom is 0.222 e. The SMILES string of the molecule is Nc1nc(NCCCO)c2ncccc2n1. The molecule has 0 saturated heterocycles. The van der Waals surface area contributed by atoms with E-state index in [4.69, 9.17) is 10.8 Å². The van der Waals surface area contributed by atoms with Crippen molar-refractivity contribution < 1.29 is 5.11 Å². The molecule has 0 bridgehead atoms. The average Bonchev–Trinajstić information content (AvgIpc) is 2.29. The van der Waals surface area contributed by atoms with Crippen molar-refractivity contribution in [1.82, 2.24) is 15.0 Å². The fourth-order valence-corrected chi connectivity index (χ4v) is 1.39. The largest absolute Gasteiger partial charge is 0.396 e. The molecule has 6 heteroatoms. The van der Waals surface area contributed by atoms with Crippen LogP contribution in [-0.2, 0) is 0 Å². The van der Waals surface area contributed by atoms with E-state index >= 15 is 0 Å². The molecule has 0 aliphatic rings. The first-order chi connectivity index (χ1) is 7.81. The van der Waals surface area contributed by atoms with Crippen LogP contribution in [0.4, 0.5) is 11.8 Å². The lowest BCUT2D eigenvalue weighted by atomic mass is 10.3. The zero-order valence-corrected chi connectivity index (χ0v) is 8.72. The number of nitrogens with zero attached hydrogens (tertiary/aromatic N) is 3. The molecule has 0 aliphatic carbocycles. The van der Waals surface area contributed by atoms with E-state index in [9.17, 15) is 0 Å². The molecule has 0 saturated carbocycles. The Hall–Kier alpha value is -1.95. The predicted molar refractivity (Wildman–Crippen MR) is 61.9 cm³/mol. The Balaban J connectivity index is 2.34. The molecule has 84 valence electrons. The second-order valence-electron chi connectivity index (χ2n) is 3.31. The number of hydrogen-bond acceptors (Lipinski definition) is 6. The van der Waals surface area contributed by atoms with Gasteiger partial charge in [-0.25, -0.2) is 4.98 Å². The van der Waals surface area contributed by atoms with E-state index in [0.717, 1.165) is 0 Å². The van der Waals surface area contributed by atoms with Crippen molar-refractivity contribution in [2.45, 2.75) is 6.42 Å². The van der Waals surface area contributed by atoms with Gasteiger partial charge in [0, 0.05) is 19.3 Å². The fourth-order valence-electron chi connectivity index (χ4n) is 1.39. The average molecular weight is 219 g/mol. The highest BCUT2D eigenvalue weighted by Crippen LogP contribution is 2.17. The zero-order chi connectivity index (χ0) is 11.4. The third-order valence-corrected chi connectivity index (χ3v) is 2.10. The Labute approximate surface area is 92.6 Å². The highest BCUT2D eigenvalue weighted by molar-refractivity contribution is 5.85. The highest BCUT2D eigenvalue weighted by atomic mass is 16.3. The maximum atomic E-state index is 8.70. The quantitative estimate of drug-likeness (QED) is 0.644. The number of nitrogen functional groups attached to an aromatic ring is 1. The Morgan fingerprint density at radius 3 is 3.06 bits per heavy atom. The number of aliphatic hydroxyl groups is 1. The highest BCUT2D eigenvalue weighted by Gasteiger charge is 2.05. The van der Waals surface area contributed by atoms with Crippen molar-refractivity contribution >= 4 is 22.8 Å². The van der Waals surface area contributed by atoms with Crippen molar-refractivity contribution in [3.63, 3.8) is 0 Å². The minimum atomic E-state index is 0.138. The van der Waals surface area contributed by atoms with Gasteiger partial charge < -0.3 is 16.2 Å². The Bertz CT molecular complexity index is 488. The molecule has 2 rings (SSSR count). The van der Waals surface area contributed by atoms with Crippen LogP contribution in [0.3, 0.4) is 0 Å². The van der Waals surface area contributed by atoms with Gasteiger partial charge in [-0.2, -0.15) is 4.98 Å². The standard InChI is InChI=1S/C10H13N5O/c11-10-14-7-3-1-4-12-8(7)9(15-10)13-5-2-6-16/h1,3-4,16H,2,5-6H2,(H3,11,13,14,15). The molecule has 2 aromatic heterocycles. The van der Waals surface area contributed by atoms with Crippen LogP contribution in [0.15, 0.2) is 18.3 Å². The van der Waals surface area contributed by atoms with Gasteiger partial charge in [0.15, 0.2) is 5.82 Å². The molecule has 0 atom stereocenters. The molecule has 6 nitrogen and oxygen atoms in total. The number of rotatable bonds is 4. The summed E-state index contributed by atoms with van der Waals surface area (Å²) in [5.74, 6) is 0.823. The summed E-state index contributed by atoms with van der Waals surface area (Å²) in [6, 6.07) is 3.63. The molecular weight excluding hydrogens is 206 g/mol. The monoisotopic (exact) mass is 219 g/mol. The van der Waals surface area contributed by atoms with E-state index in [1.807, 2.05) is 6.07 Å². The lowest BCUT2D eigenvalue weighted by Crippen LogP contribution is -2.08. The Kier molecular flexibility index (Phi) is 3.11. The first-order valence-electron chi connectivity index (χ1n) is 5.04. The van der Waals surface area contributed by atoms with E-state index in [1.54, 1.807) is 12.3 Å². The third kappa shape index (κ3) is 2.17. The van der Waals surface area contributed by atoms with Crippen molar-refractivity contribution in [2.75, 3.05) is 24.2 Å². The summed E-state index contributed by atoms with van der Waals surface area (Å²) >= 11 is 0. The number of fused-ring (bicyclic) bond motifs is 1. The van der Waals surface area contributed by atoms with Gasteiger partial charge in [0.05, 0.1) is 5.52 Å². The lowest BCUT2D eigenvalue weighted by molar-refractivity contribution is 0.292. The molecule has 0 fully saturated rings. The molecule has 0 unspecified atom stereocenters. The van der Waals surface area contributed by atoms with Gasteiger partial charge in [-0.15, -0.1) is 0 Å². The van der Waals surface area contributed by atoms with Crippen LogP contribution >= 0.6 is 0 Å². The molecule has 16 heavy (non-hydrogen) atoms. The van der Waals surface area contributed by atoms with Crippen molar-refractivity contribution in [3.05, 3.63) is 18.3 Å². The summed E-state index contributed by atoms with van der Waals surface area (Å²) in [5, 5.41) is 11.8. The molecule has 2 aromatic rings. The van der Waals surface area contributed by atoms with E-state index in [1.165, 1.54) is 0 Å². The van der Waals surface area contributed by atoms with Crippen molar-refractivity contribution in [2.24, 2.45) is 0 Å². The molecule has 2 heterocycles. The molecule has 0 spiro atoms. The van der Waals surface area contributed by atoms with Gasteiger partial charge in [-0.3, -0.25) is 4.98 Å². The van der Waals surface area contributed by atoms with Crippen LogP contribution in [0.2, 0.25) is 0 Å². The zero-order valence-electron chi connectivity index (χ0n) is 8.72. The lowest BCUT2D eigenvalue weighted by Gasteiger charge is -2.07. The van der Waals surface area contributed by atoms with Gasteiger partial charge in [-0.05, 0) is 18.6 Å². The smallest absolute Gasteiger partial charge is 0.222 e. The predicted octanol–water partition coefficient (Wildman–Crippen LogP) is 0.401. The van der Waals surface area contributed by atoms with E-state index in [-0.39, 0.29) is 12.6 Å². The molecule has 0 amide bonds. The van der Waals surface area contributed by atoms with Gasteiger partial charge in [0.25, 0.3) is 0 Å². The number of aliphatic hydroxyl groups excluding tert-OH is 1. The first kappa shape index (κ1) is 10.6. The summed E-state index contributed by atoms with van der Waals surface area (Å²) < 4.78 is 0. The summed E-state index contributed by atoms with van der Waals surface area (Å²) in [7, 11) is 0. The molecule has 4 N–H and O–H groups in total. The summed E-state index contributed by atoms with van der Waals surface area (Å²) in [6.45, 7) is 0.761. The van der Waals surface area contributed by atoms with Crippen molar-refractivity contribution in [3.8, 4) is 0 Å². The summed E-state index contributed by atoms with van der Waals surface area (Å²) in [4.78, 5) is 12.4. The fraction of sp³-hybridized carbons (Fsp3) is 0.300. The number of aromatic nitrogens is 3. The summed E-state index contributed by atoms with van der Waals surface area (Å²) in [5.41, 5.74) is 6.99. The van der Waals surface area contributed by atoms with Crippen LogP contribution in [0.1, 0.15) is 6.42 Å². The van der Waals surface area contributed by atoms with Crippen molar-refractivity contribution in [1.29, 1.82) is 0 Å². The Morgan fingerprint density at radius 2 is 2.25 bits per heavy atom. The topological polar surface area (TPSA) is 97.0 Å². The normalized spacial score (nSPS) is 10.6. The second kappa shape index (κ2) is 4.71. The molecule has 0 aliphatic heterocycles. The maximum absolute atomic E-state index is 8.70. The number of pyridine rings is 1. The molecule has 0 radical (unpaired) electrons. The van der Waals surface area contributed by atoms with Gasteiger partial charge in [0.2, 0.25) is 5.95 Å². The summed E-state index contributed by atoms with van der Waals surface area (Å²) in [6.07, 6.45) is 2.33. The Morgan fingerprint density at radius 1 is 1.38 bits per heavy atom. The molecular formula is C10H13N5O.